The van der Waals surface area contributed by atoms with E-state index in [0.29, 0.717) is 12.8 Å². The summed E-state index contributed by atoms with van der Waals surface area (Å²) in [4.78, 5) is 37.1. The molecule has 0 heterocycles. The van der Waals surface area contributed by atoms with Gasteiger partial charge in [-0.2, -0.15) is 0 Å². The Morgan fingerprint density at radius 3 is 1.18 bits per heavy atom. The van der Waals surface area contributed by atoms with Crippen molar-refractivity contribution in [3.8, 4) is 0 Å². The molecule has 0 aromatic carbocycles. The van der Waals surface area contributed by atoms with Gasteiger partial charge in [-0.05, 0) is 44.9 Å². The van der Waals surface area contributed by atoms with Crippen LogP contribution < -0.4 is 5.11 Å². The first-order valence-electron chi connectivity index (χ1n) is 27.9. The number of hydrogen-bond donors (Lipinski definition) is 0. The summed E-state index contributed by atoms with van der Waals surface area (Å²) in [6.45, 7) is 4.71. The molecular formula is C57H107NO7. The highest BCUT2D eigenvalue weighted by Crippen LogP contribution is 2.17. The Morgan fingerprint density at radius 1 is 0.462 bits per heavy atom. The van der Waals surface area contributed by atoms with E-state index in [1.807, 2.05) is 21.1 Å². The van der Waals surface area contributed by atoms with Crippen LogP contribution in [0.4, 0.5) is 0 Å². The molecule has 0 aromatic rings. The van der Waals surface area contributed by atoms with Crippen molar-refractivity contribution in [3.05, 3.63) is 24.3 Å². The number of esters is 2. The van der Waals surface area contributed by atoms with Crippen LogP contribution in [0.3, 0.4) is 0 Å². The number of ether oxygens (including phenoxy) is 3. The third kappa shape index (κ3) is 46.7. The van der Waals surface area contributed by atoms with Gasteiger partial charge in [-0.3, -0.25) is 9.59 Å². The van der Waals surface area contributed by atoms with Crippen LogP contribution >= 0.6 is 0 Å². The largest absolute Gasteiger partial charge is 0.544 e. The van der Waals surface area contributed by atoms with Gasteiger partial charge in [0, 0.05) is 19.3 Å². The van der Waals surface area contributed by atoms with E-state index in [2.05, 4.69) is 38.2 Å². The molecule has 382 valence electrons. The van der Waals surface area contributed by atoms with Crippen molar-refractivity contribution in [1.82, 2.24) is 0 Å². The molecule has 0 N–H and O–H groups in total. The van der Waals surface area contributed by atoms with Crippen LogP contribution in [0.2, 0.25) is 0 Å². The summed E-state index contributed by atoms with van der Waals surface area (Å²) in [5.41, 5.74) is 0. The Labute approximate surface area is 402 Å². The zero-order valence-electron chi connectivity index (χ0n) is 43.7. The van der Waals surface area contributed by atoms with Crippen LogP contribution in [0.1, 0.15) is 271 Å². The standard InChI is InChI=1S/C57H107NO7/c1-6-8-10-12-14-16-18-20-22-24-26-27-28-30-31-33-35-37-39-41-43-45-47-55(59)64-52-53(51-63-50-49-54(57(61)62)58(3,4)5)65-56(60)48-46-44-42-40-38-36-34-32-29-25-23-21-19-17-15-13-11-9-7-2/h24,26,28,30,53-54H,6-23,25,27,29,31-52H2,1-5H3/b26-24+,30-28+. The number of quaternary nitrogens is 1. The topological polar surface area (TPSA) is 102 Å². The van der Waals surface area contributed by atoms with Crippen LogP contribution in [0.15, 0.2) is 24.3 Å². The number of nitrogens with zero attached hydrogens (tertiary/aromatic N) is 1. The van der Waals surface area contributed by atoms with Gasteiger partial charge >= 0.3 is 11.9 Å². The Kier molecular flexibility index (Phi) is 46.6. The minimum atomic E-state index is -1.12. The summed E-state index contributed by atoms with van der Waals surface area (Å²) in [6, 6.07) is -0.725. The SMILES string of the molecule is CCCCCCCCCC/C=C/C/C=C/CCCCCCCCCC(=O)OCC(COCCC(C(=O)[O-])[N+](C)(C)C)OC(=O)CCCCCCCCCCCCCCCCCCCCC. The second-order valence-corrected chi connectivity index (χ2v) is 20.2. The van der Waals surface area contributed by atoms with E-state index < -0.39 is 18.1 Å². The number of carbonyl (C=O) groups excluding carboxylic acids is 3. The highest BCUT2D eigenvalue weighted by molar-refractivity contribution is 5.70. The molecular weight excluding hydrogens is 811 g/mol. The third-order valence-corrected chi connectivity index (χ3v) is 12.8. The fourth-order valence-corrected chi connectivity index (χ4v) is 8.52. The third-order valence-electron chi connectivity index (χ3n) is 12.8. The summed E-state index contributed by atoms with van der Waals surface area (Å²) in [7, 11) is 5.43. The number of unbranched alkanes of at least 4 members (excludes halogenated alkanes) is 33. The number of hydrogen-bond acceptors (Lipinski definition) is 7. The van der Waals surface area contributed by atoms with Gasteiger partial charge in [0.25, 0.3) is 0 Å². The van der Waals surface area contributed by atoms with Gasteiger partial charge in [0.1, 0.15) is 12.6 Å². The molecule has 0 spiro atoms. The molecule has 65 heavy (non-hydrogen) atoms. The predicted molar refractivity (Wildman–Crippen MR) is 273 cm³/mol. The maximum Gasteiger partial charge on any atom is 0.306 e. The summed E-state index contributed by atoms with van der Waals surface area (Å²) < 4.78 is 17.3. The first kappa shape index (κ1) is 62.8. The maximum absolute atomic E-state index is 12.8. The monoisotopic (exact) mass is 918 g/mol. The average Bonchev–Trinajstić information content (AvgIpc) is 3.27. The van der Waals surface area contributed by atoms with Crippen molar-refractivity contribution in [2.75, 3.05) is 41.0 Å². The van der Waals surface area contributed by atoms with Crippen LogP contribution in [-0.4, -0.2) is 75.5 Å². The van der Waals surface area contributed by atoms with Gasteiger partial charge in [0.05, 0.1) is 40.3 Å². The number of likely N-dealkylation sites (N-methyl/N-ethyl adjacent to an activating group) is 1. The van der Waals surface area contributed by atoms with Crippen molar-refractivity contribution < 1.29 is 38.2 Å². The first-order valence-corrected chi connectivity index (χ1v) is 27.9. The molecule has 0 aliphatic heterocycles. The van der Waals surface area contributed by atoms with E-state index in [9.17, 15) is 19.5 Å². The lowest BCUT2D eigenvalue weighted by Crippen LogP contribution is -2.55. The predicted octanol–water partition coefficient (Wildman–Crippen LogP) is 15.0. The lowest BCUT2D eigenvalue weighted by molar-refractivity contribution is -0.889. The lowest BCUT2D eigenvalue weighted by atomic mass is 10.0. The van der Waals surface area contributed by atoms with Gasteiger partial charge in [-0.15, -0.1) is 0 Å². The maximum atomic E-state index is 12.8. The Balaban J connectivity index is 4.18. The summed E-state index contributed by atoms with van der Waals surface area (Å²) in [5, 5.41) is 11.7. The number of rotatable bonds is 51. The molecule has 0 amide bonds. The van der Waals surface area contributed by atoms with E-state index in [4.69, 9.17) is 14.2 Å². The van der Waals surface area contributed by atoms with E-state index in [-0.39, 0.29) is 42.7 Å². The van der Waals surface area contributed by atoms with Gasteiger partial charge in [-0.25, -0.2) is 0 Å². The molecule has 0 fully saturated rings. The molecule has 0 aliphatic rings. The number of carboxylic acids is 1. The van der Waals surface area contributed by atoms with Gasteiger partial charge in [-0.1, -0.05) is 231 Å². The fourth-order valence-electron chi connectivity index (χ4n) is 8.52. The van der Waals surface area contributed by atoms with Crippen LogP contribution in [-0.2, 0) is 28.6 Å². The molecule has 8 heteroatoms. The van der Waals surface area contributed by atoms with Crippen LogP contribution in [0.5, 0.6) is 0 Å². The van der Waals surface area contributed by atoms with Crippen molar-refractivity contribution >= 4 is 17.9 Å². The smallest absolute Gasteiger partial charge is 0.306 e. The van der Waals surface area contributed by atoms with Crippen LogP contribution in [0, 0.1) is 0 Å². The molecule has 0 saturated carbocycles. The van der Waals surface area contributed by atoms with Crippen molar-refractivity contribution in [3.63, 3.8) is 0 Å². The van der Waals surface area contributed by atoms with Gasteiger partial charge in [0.2, 0.25) is 0 Å². The van der Waals surface area contributed by atoms with Gasteiger partial charge in [0.15, 0.2) is 6.10 Å². The summed E-state index contributed by atoms with van der Waals surface area (Å²) in [5.74, 6) is -1.72. The number of carboxylic acid groups (broad SMARTS) is 1. The Morgan fingerprint density at radius 2 is 0.815 bits per heavy atom. The van der Waals surface area contributed by atoms with Crippen molar-refractivity contribution in [2.24, 2.45) is 0 Å². The quantitative estimate of drug-likeness (QED) is 0.0259. The fraction of sp³-hybridized carbons (Fsp3) is 0.877. The molecule has 2 atom stereocenters. The second kappa shape index (κ2) is 48.3. The highest BCUT2D eigenvalue weighted by Gasteiger charge is 2.25. The number of carbonyl (C=O) groups is 3. The Bertz CT molecular complexity index is 1120. The summed E-state index contributed by atoms with van der Waals surface area (Å²) in [6.07, 6.45) is 56.4. The molecule has 0 radical (unpaired) electrons. The number of aliphatic carboxylic acids is 1. The van der Waals surface area contributed by atoms with E-state index in [0.717, 1.165) is 51.4 Å². The summed E-state index contributed by atoms with van der Waals surface area (Å²) >= 11 is 0. The first-order chi connectivity index (χ1) is 31.6. The normalized spacial score (nSPS) is 12.9. The minimum Gasteiger partial charge on any atom is -0.544 e. The van der Waals surface area contributed by atoms with Gasteiger partial charge < -0.3 is 28.6 Å². The second-order valence-electron chi connectivity index (χ2n) is 20.2. The van der Waals surface area contributed by atoms with Crippen LogP contribution in [0.25, 0.3) is 0 Å². The molecule has 0 rings (SSSR count). The molecule has 2 unspecified atom stereocenters. The minimum absolute atomic E-state index is 0.0430. The molecule has 0 aromatic heterocycles. The lowest BCUT2D eigenvalue weighted by Gasteiger charge is -2.34. The van der Waals surface area contributed by atoms with E-state index in [1.165, 1.54) is 186 Å². The highest BCUT2D eigenvalue weighted by atomic mass is 16.6. The number of allylic oxidation sites excluding steroid dienone is 4. The van der Waals surface area contributed by atoms with E-state index >= 15 is 0 Å². The van der Waals surface area contributed by atoms with E-state index in [1.54, 1.807) is 0 Å². The Hall–Kier alpha value is -2.19. The molecule has 0 saturated heterocycles. The van der Waals surface area contributed by atoms with Crippen molar-refractivity contribution in [1.29, 1.82) is 0 Å². The average molecular weight is 918 g/mol. The van der Waals surface area contributed by atoms with Crippen molar-refractivity contribution in [2.45, 2.75) is 283 Å². The zero-order chi connectivity index (χ0) is 47.7. The zero-order valence-corrected chi connectivity index (χ0v) is 43.7. The molecule has 0 bridgehead atoms. The molecule has 8 nitrogen and oxygen atoms in total. The molecule has 0 aliphatic carbocycles.